The average Bonchev–Trinajstić information content (AvgIpc) is 3.28. The number of rotatable bonds is 9. The average molecular weight is 580 g/mol. The van der Waals surface area contributed by atoms with Crippen molar-refractivity contribution in [2.24, 2.45) is 17.8 Å². The molecule has 1 aliphatic heterocycles. The summed E-state index contributed by atoms with van der Waals surface area (Å²) in [5, 5.41) is 3.06. The first-order chi connectivity index (χ1) is 18.8. The van der Waals surface area contributed by atoms with Crippen LogP contribution in [-0.2, 0) is 16.4 Å². The van der Waals surface area contributed by atoms with Gasteiger partial charge in [0, 0.05) is 19.3 Å². The maximum absolute atomic E-state index is 13.2. The Bertz CT molecular complexity index is 1290. The molecule has 1 aromatic carbocycles. The number of fused-ring (bicyclic) bond motifs is 1. The molecule has 4 rings (SSSR count). The highest BCUT2D eigenvalue weighted by Gasteiger charge is 2.42. The van der Waals surface area contributed by atoms with Crippen molar-refractivity contribution in [1.82, 2.24) is 15.2 Å². The van der Waals surface area contributed by atoms with Gasteiger partial charge in [-0.15, -0.1) is 0 Å². The van der Waals surface area contributed by atoms with Crippen molar-refractivity contribution >= 4 is 15.7 Å². The number of halogens is 3. The minimum atomic E-state index is -4.11. The largest absolute Gasteiger partial charge is 0.391 e. The fraction of sp³-hybridized carbons (Fsp3) is 0.600. The van der Waals surface area contributed by atoms with E-state index in [1.807, 2.05) is 13.0 Å². The SMILES string of the molecule is CC[C@H](NC(=O)c1cnc2c(c1)CN(CC1CCC(C(F)(F)F)CC1)[C@H]2C(C)C)c1ccc(S(=O)(=O)CC)cc1. The van der Waals surface area contributed by atoms with Crippen LogP contribution in [0.4, 0.5) is 13.2 Å². The molecule has 2 heterocycles. The van der Waals surface area contributed by atoms with Gasteiger partial charge in [0.2, 0.25) is 0 Å². The Kier molecular flexibility index (Phi) is 9.29. The van der Waals surface area contributed by atoms with E-state index in [0.29, 0.717) is 31.4 Å². The predicted octanol–water partition coefficient (Wildman–Crippen LogP) is 6.64. The van der Waals surface area contributed by atoms with E-state index in [1.54, 1.807) is 37.4 Å². The van der Waals surface area contributed by atoms with Gasteiger partial charge in [-0.05, 0) is 73.3 Å². The number of hydrogen-bond donors (Lipinski definition) is 1. The van der Waals surface area contributed by atoms with Crippen molar-refractivity contribution in [1.29, 1.82) is 0 Å². The third kappa shape index (κ3) is 6.70. The van der Waals surface area contributed by atoms with E-state index in [9.17, 15) is 26.4 Å². The Morgan fingerprint density at radius 1 is 1.10 bits per heavy atom. The third-order valence-electron chi connectivity index (χ3n) is 8.48. The molecule has 1 amide bonds. The first-order valence-corrected chi connectivity index (χ1v) is 15.9. The van der Waals surface area contributed by atoms with Gasteiger partial charge in [0.25, 0.3) is 5.91 Å². The van der Waals surface area contributed by atoms with E-state index in [2.05, 4.69) is 24.1 Å². The Labute approximate surface area is 235 Å². The van der Waals surface area contributed by atoms with Crippen molar-refractivity contribution in [2.75, 3.05) is 12.3 Å². The fourth-order valence-electron chi connectivity index (χ4n) is 6.18. The summed E-state index contributed by atoms with van der Waals surface area (Å²) in [5.41, 5.74) is 3.21. The highest BCUT2D eigenvalue weighted by atomic mass is 32.2. The maximum Gasteiger partial charge on any atom is 0.391 e. The normalized spacial score (nSPS) is 22.8. The van der Waals surface area contributed by atoms with Crippen LogP contribution < -0.4 is 5.32 Å². The van der Waals surface area contributed by atoms with E-state index >= 15 is 0 Å². The lowest BCUT2D eigenvalue weighted by atomic mass is 9.81. The minimum Gasteiger partial charge on any atom is -0.345 e. The van der Waals surface area contributed by atoms with Gasteiger partial charge in [0.1, 0.15) is 0 Å². The number of benzene rings is 1. The third-order valence-corrected chi connectivity index (χ3v) is 10.2. The molecule has 0 bridgehead atoms. The molecule has 10 heteroatoms. The van der Waals surface area contributed by atoms with Crippen molar-refractivity contribution in [3.05, 3.63) is 58.9 Å². The maximum atomic E-state index is 13.2. The van der Waals surface area contributed by atoms with Crippen LogP contribution in [0, 0.1) is 17.8 Å². The molecule has 1 fully saturated rings. The molecule has 0 unspecified atom stereocenters. The molecule has 2 atom stereocenters. The molecule has 1 saturated carbocycles. The number of carbonyl (C=O) groups excluding carboxylic acids is 1. The number of nitrogens with zero attached hydrogens (tertiary/aromatic N) is 2. The quantitative estimate of drug-likeness (QED) is 0.360. The summed E-state index contributed by atoms with van der Waals surface area (Å²) in [5.74, 6) is -0.917. The lowest BCUT2D eigenvalue weighted by molar-refractivity contribution is -0.184. The van der Waals surface area contributed by atoms with Gasteiger partial charge in [-0.1, -0.05) is 39.8 Å². The number of aromatic nitrogens is 1. The van der Waals surface area contributed by atoms with Gasteiger partial charge in [0.15, 0.2) is 9.84 Å². The molecular weight excluding hydrogens is 539 g/mol. The number of carbonyl (C=O) groups is 1. The fourth-order valence-corrected chi connectivity index (χ4v) is 7.07. The lowest BCUT2D eigenvalue weighted by Gasteiger charge is -2.35. The minimum absolute atomic E-state index is 0.0277. The lowest BCUT2D eigenvalue weighted by Crippen LogP contribution is -2.35. The number of sulfone groups is 1. The van der Waals surface area contributed by atoms with Gasteiger partial charge in [-0.25, -0.2) is 8.42 Å². The Hall–Kier alpha value is -2.46. The standard InChI is InChI=1S/C30H40F3N3O3S/c1-5-26(21-9-13-25(14-10-21)40(38,39)6-2)35-29(37)22-15-23-18-36(28(19(3)4)27(23)34-16-22)17-20-7-11-24(12-8-20)30(31,32)33/h9-10,13-16,19-20,24,26,28H,5-8,11-12,17-18H2,1-4H3,(H,35,37)/t20?,24?,26-,28-/m0/s1. The molecule has 1 aromatic heterocycles. The zero-order chi connectivity index (χ0) is 29.2. The van der Waals surface area contributed by atoms with Crippen LogP contribution in [0.2, 0.25) is 0 Å². The summed E-state index contributed by atoms with van der Waals surface area (Å²) in [4.78, 5) is 20.5. The second kappa shape index (κ2) is 12.2. The number of alkyl halides is 3. The van der Waals surface area contributed by atoms with Crippen LogP contribution in [0.5, 0.6) is 0 Å². The van der Waals surface area contributed by atoms with Crippen LogP contribution in [0.25, 0.3) is 0 Å². The predicted molar refractivity (Wildman–Crippen MR) is 148 cm³/mol. The Morgan fingerprint density at radius 3 is 2.30 bits per heavy atom. The molecule has 1 aliphatic carbocycles. The molecule has 0 radical (unpaired) electrons. The molecule has 220 valence electrons. The Morgan fingerprint density at radius 2 is 1.75 bits per heavy atom. The number of pyridine rings is 1. The molecule has 40 heavy (non-hydrogen) atoms. The van der Waals surface area contributed by atoms with E-state index < -0.39 is 21.9 Å². The first kappa shape index (κ1) is 30.5. The number of hydrogen-bond acceptors (Lipinski definition) is 5. The van der Waals surface area contributed by atoms with Crippen molar-refractivity contribution in [3.63, 3.8) is 0 Å². The van der Waals surface area contributed by atoms with Gasteiger partial charge in [-0.3, -0.25) is 14.7 Å². The van der Waals surface area contributed by atoms with Gasteiger partial charge < -0.3 is 5.32 Å². The monoisotopic (exact) mass is 579 g/mol. The van der Waals surface area contributed by atoms with Crippen LogP contribution in [0.15, 0.2) is 41.4 Å². The van der Waals surface area contributed by atoms with Crippen LogP contribution in [0.1, 0.15) is 99.1 Å². The van der Waals surface area contributed by atoms with Gasteiger partial charge >= 0.3 is 6.18 Å². The van der Waals surface area contributed by atoms with Crippen molar-refractivity contribution in [2.45, 2.75) is 89.5 Å². The summed E-state index contributed by atoms with van der Waals surface area (Å²) >= 11 is 0. The Balaban J connectivity index is 1.44. The first-order valence-electron chi connectivity index (χ1n) is 14.3. The topological polar surface area (TPSA) is 79.4 Å². The van der Waals surface area contributed by atoms with Crippen molar-refractivity contribution < 1.29 is 26.4 Å². The highest BCUT2D eigenvalue weighted by Crippen LogP contribution is 2.43. The van der Waals surface area contributed by atoms with E-state index in [-0.39, 0.29) is 53.3 Å². The van der Waals surface area contributed by atoms with E-state index in [0.717, 1.165) is 23.4 Å². The molecule has 2 aromatic rings. The van der Waals surface area contributed by atoms with E-state index in [1.165, 1.54) is 0 Å². The van der Waals surface area contributed by atoms with E-state index in [4.69, 9.17) is 4.98 Å². The zero-order valence-electron chi connectivity index (χ0n) is 23.7. The van der Waals surface area contributed by atoms with Crippen molar-refractivity contribution in [3.8, 4) is 0 Å². The van der Waals surface area contributed by atoms with Crippen LogP contribution >= 0.6 is 0 Å². The molecule has 6 nitrogen and oxygen atoms in total. The summed E-state index contributed by atoms with van der Waals surface area (Å²) in [6, 6.07) is 8.31. The second-order valence-electron chi connectivity index (χ2n) is 11.6. The molecule has 1 N–H and O–H groups in total. The summed E-state index contributed by atoms with van der Waals surface area (Å²) < 4.78 is 63.6. The molecular formula is C30H40F3N3O3S. The zero-order valence-corrected chi connectivity index (χ0v) is 24.5. The molecule has 0 spiro atoms. The molecule has 0 saturated heterocycles. The number of nitrogens with one attached hydrogen (secondary N) is 1. The summed E-state index contributed by atoms with van der Waals surface area (Å²) in [6.07, 6.45) is -0.334. The smallest absolute Gasteiger partial charge is 0.345 e. The summed E-state index contributed by atoms with van der Waals surface area (Å²) in [6.45, 7) is 9.16. The van der Waals surface area contributed by atoms with Crippen LogP contribution in [0.3, 0.4) is 0 Å². The van der Waals surface area contributed by atoms with Gasteiger partial charge in [0.05, 0.1) is 39.9 Å². The highest BCUT2D eigenvalue weighted by molar-refractivity contribution is 7.91. The summed E-state index contributed by atoms with van der Waals surface area (Å²) in [7, 11) is -3.30. The number of amides is 1. The second-order valence-corrected chi connectivity index (χ2v) is 13.8. The van der Waals surface area contributed by atoms with Gasteiger partial charge in [-0.2, -0.15) is 13.2 Å². The van der Waals surface area contributed by atoms with Crippen LogP contribution in [-0.4, -0.2) is 42.7 Å². The molecule has 2 aliphatic rings.